The highest BCUT2D eigenvalue weighted by Crippen LogP contribution is 2.00. The molecule has 9 N–H and O–H groups in total. The number of carboxylic acids is 2. The topological polar surface area (TPSA) is 231 Å². The molecule has 0 bridgehead atoms. The second-order valence-corrected chi connectivity index (χ2v) is 6.33. The normalized spacial score (nSPS) is 13.4. The predicted molar refractivity (Wildman–Crippen MR) is 102 cm³/mol. The number of nitrogens with one attached hydrogen (secondary N) is 3. The lowest BCUT2D eigenvalue weighted by Crippen LogP contribution is -2.54. The van der Waals surface area contributed by atoms with E-state index >= 15 is 0 Å². The van der Waals surface area contributed by atoms with Crippen LogP contribution in [0.1, 0.15) is 25.7 Å². The van der Waals surface area contributed by atoms with Crippen molar-refractivity contribution in [3.05, 3.63) is 0 Å². The van der Waals surface area contributed by atoms with Gasteiger partial charge >= 0.3 is 11.9 Å². The average molecular weight is 435 g/mol. The summed E-state index contributed by atoms with van der Waals surface area (Å²) in [6, 6.07) is -3.74. The second-order valence-electron chi connectivity index (χ2n) is 5.96. The zero-order valence-corrected chi connectivity index (χ0v) is 16.3. The summed E-state index contributed by atoms with van der Waals surface area (Å²) in [5.41, 5.74) is 10.5. The standard InChI is InChI=1S/C15H25N5O8S/c16-7(1-4-12(23)24)13(25)18-5-11(22)19-8(2-3-10(17)21)14(26)20-9(6-29)15(27)28/h7-9,29H,1-6,16H2,(H2,17,21)(H,18,25)(H,19,22)(H,20,26)(H,23,24)(H,27,28). The van der Waals surface area contributed by atoms with E-state index in [9.17, 15) is 28.8 Å². The van der Waals surface area contributed by atoms with Gasteiger partial charge < -0.3 is 37.6 Å². The molecule has 0 spiro atoms. The molecule has 3 unspecified atom stereocenters. The van der Waals surface area contributed by atoms with Crippen molar-refractivity contribution in [2.75, 3.05) is 12.3 Å². The van der Waals surface area contributed by atoms with Gasteiger partial charge in [-0.05, 0) is 12.8 Å². The Morgan fingerprint density at radius 3 is 2.00 bits per heavy atom. The van der Waals surface area contributed by atoms with Gasteiger partial charge in [0.2, 0.25) is 23.6 Å². The van der Waals surface area contributed by atoms with Gasteiger partial charge in [-0.3, -0.25) is 24.0 Å². The molecule has 0 aliphatic carbocycles. The maximum absolute atomic E-state index is 12.2. The van der Waals surface area contributed by atoms with E-state index in [1.165, 1.54) is 0 Å². The molecule has 0 aliphatic heterocycles. The fraction of sp³-hybridized carbons (Fsp3) is 0.600. The third-order valence-corrected chi connectivity index (χ3v) is 3.92. The third kappa shape index (κ3) is 11.5. The highest BCUT2D eigenvalue weighted by atomic mass is 32.1. The molecule has 0 rings (SSSR count). The van der Waals surface area contributed by atoms with Crippen LogP contribution >= 0.6 is 12.6 Å². The number of hydrogen-bond donors (Lipinski definition) is 8. The Hall–Kier alpha value is -2.87. The Labute approximate surface area is 171 Å². The zero-order valence-electron chi connectivity index (χ0n) is 15.4. The first-order valence-electron chi connectivity index (χ1n) is 8.44. The van der Waals surface area contributed by atoms with Gasteiger partial charge in [0.05, 0.1) is 12.6 Å². The van der Waals surface area contributed by atoms with Crippen molar-refractivity contribution in [3.63, 3.8) is 0 Å². The number of carbonyl (C=O) groups excluding carboxylic acids is 4. The number of carbonyl (C=O) groups is 6. The molecule has 0 aliphatic rings. The van der Waals surface area contributed by atoms with Crippen molar-refractivity contribution in [2.45, 2.75) is 43.8 Å². The van der Waals surface area contributed by atoms with Crippen LogP contribution in [-0.2, 0) is 28.8 Å². The van der Waals surface area contributed by atoms with E-state index in [1.807, 2.05) is 0 Å². The smallest absolute Gasteiger partial charge is 0.327 e. The zero-order chi connectivity index (χ0) is 22.6. The molecular weight excluding hydrogens is 410 g/mol. The SMILES string of the molecule is NC(=O)CCC(NC(=O)CNC(=O)C(N)CCC(=O)O)C(=O)NC(CS)C(=O)O. The summed E-state index contributed by atoms with van der Waals surface area (Å²) >= 11 is 3.80. The highest BCUT2D eigenvalue weighted by Gasteiger charge is 2.26. The number of hydrogen-bond acceptors (Lipinski definition) is 8. The number of rotatable bonds is 14. The van der Waals surface area contributed by atoms with Crippen LogP contribution in [0.25, 0.3) is 0 Å². The Morgan fingerprint density at radius 1 is 0.897 bits per heavy atom. The first-order chi connectivity index (χ1) is 13.5. The van der Waals surface area contributed by atoms with Crippen LogP contribution in [0.5, 0.6) is 0 Å². The van der Waals surface area contributed by atoms with E-state index in [0.29, 0.717) is 0 Å². The number of amides is 4. The number of aliphatic carboxylic acids is 2. The monoisotopic (exact) mass is 435 g/mol. The van der Waals surface area contributed by atoms with Crippen LogP contribution in [0.15, 0.2) is 0 Å². The first-order valence-corrected chi connectivity index (χ1v) is 9.07. The van der Waals surface area contributed by atoms with Crippen molar-refractivity contribution >= 4 is 48.2 Å². The molecule has 0 aromatic carbocycles. The molecule has 0 heterocycles. The molecule has 29 heavy (non-hydrogen) atoms. The minimum absolute atomic E-state index is 0.132. The lowest BCUT2D eigenvalue weighted by atomic mass is 10.1. The van der Waals surface area contributed by atoms with Crippen molar-refractivity contribution < 1.29 is 39.0 Å². The lowest BCUT2D eigenvalue weighted by Gasteiger charge is -2.20. The van der Waals surface area contributed by atoms with Gasteiger partial charge in [-0.15, -0.1) is 0 Å². The average Bonchev–Trinajstić information content (AvgIpc) is 2.64. The van der Waals surface area contributed by atoms with E-state index in [0.717, 1.165) is 0 Å². The molecular formula is C15H25N5O8S. The summed E-state index contributed by atoms with van der Waals surface area (Å²) in [4.78, 5) is 68.4. The Balaban J connectivity index is 4.79. The molecule has 0 saturated heterocycles. The van der Waals surface area contributed by atoms with Crippen LogP contribution in [0.2, 0.25) is 0 Å². The van der Waals surface area contributed by atoms with E-state index in [2.05, 4.69) is 28.6 Å². The quantitative estimate of drug-likeness (QED) is 0.127. The van der Waals surface area contributed by atoms with Gasteiger partial charge in [-0.25, -0.2) is 4.79 Å². The number of nitrogens with two attached hydrogens (primary N) is 2. The number of primary amides is 1. The van der Waals surface area contributed by atoms with E-state index in [-0.39, 0.29) is 31.4 Å². The van der Waals surface area contributed by atoms with Crippen LogP contribution in [-0.4, -0.2) is 76.2 Å². The third-order valence-electron chi connectivity index (χ3n) is 3.56. The largest absolute Gasteiger partial charge is 0.481 e. The molecule has 4 amide bonds. The summed E-state index contributed by atoms with van der Waals surface area (Å²) in [5.74, 6) is -5.86. The van der Waals surface area contributed by atoms with Crippen LogP contribution in [0, 0.1) is 0 Å². The summed E-state index contributed by atoms with van der Waals surface area (Å²) in [7, 11) is 0. The number of thiol groups is 1. The van der Waals surface area contributed by atoms with Gasteiger partial charge in [-0.1, -0.05) is 0 Å². The summed E-state index contributed by atoms with van der Waals surface area (Å²) in [6.45, 7) is -0.575. The van der Waals surface area contributed by atoms with Crippen LogP contribution < -0.4 is 27.4 Å². The highest BCUT2D eigenvalue weighted by molar-refractivity contribution is 7.80. The van der Waals surface area contributed by atoms with Gasteiger partial charge in [-0.2, -0.15) is 12.6 Å². The number of carboxylic acid groups (broad SMARTS) is 2. The van der Waals surface area contributed by atoms with Gasteiger partial charge in [0, 0.05) is 18.6 Å². The molecule has 0 radical (unpaired) electrons. The molecule has 0 aromatic heterocycles. The van der Waals surface area contributed by atoms with E-state index in [1.54, 1.807) is 0 Å². The Morgan fingerprint density at radius 2 is 1.52 bits per heavy atom. The van der Waals surface area contributed by atoms with Crippen LogP contribution in [0.4, 0.5) is 0 Å². The molecule has 14 heteroatoms. The summed E-state index contributed by atoms with van der Waals surface area (Å²) in [5, 5.41) is 24.1. The minimum atomic E-state index is -1.34. The van der Waals surface area contributed by atoms with Crippen molar-refractivity contribution in [1.82, 2.24) is 16.0 Å². The second kappa shape index (κ2) is 13.3. The maximum atomic E-state index is 12.2. The van der Waals surface area contributed by atoms with Crippen LogP contribution in [0.3, 0.4) is 0 Å². The van der Waals surface area contributed by atoms with Gasteiger partial charge in [0.15, 0.2) is 0 Å². The summed E-state index contributed by atoms with van der Waals surface area (Å²) in [6.07, 6.45) is -0.917. The molecule has 0 aromatic rings. The van der Waals surface area contributed by atoms with Gasteiger partial charge in [0.25, 0.3) is 0 Å². The van der Waals surface area contributed by atoms with Crippen molar-refractivity contribution in [2.24, 2.45) is 11.5 Å². The fourth-order valence-electron chi connectivity index (χ4n) is 1.97. The van der Waals surface area contributed by atoms with Crippen molar-refractivity contribution in [1.29, 1.82) is 0 Å². The minimum Gasteiger partial charge on any atom is -0.481 e. The fourth-order valence-corrected chi connectivity index (χ4v) is 2.21. The lowest BCUT2D eigenvalue weighted by molar-refractivity contribution is -0.141. The Kier molecular flexibility index (Phi) is 12.0. The molecule has 13 nitrogen and oxygen atoms in total. The Bertz CT molecular complexity index is 644. The first kappa shape index (κ1) is 26.1. The predicted octanol–water partition coefficient (Wildman–Crippen LogP) is -3.46. The molecule has 0 fully saturated rings. The van der Waals surface area contributed by atoms with Crippen molar-refractivity contribution in [3.8, 4) is 0 Å². The van der Waals surface area contributed by atoms with E-state index in [4.69, 9.17) is 21.7 Å². The van der Waals surface area contributed by atoms with Gasteiger partial charge in [0.1, 0.15) is 12.1 Å². The summed E-state index contributed by atoms with van der Waals surface area (Å²) < 4.78 is 0. The molecule has 3 atom stereocenters. The maximum Gasteiger partial charge on any atom is 0.327 e. The van der Waals surface area contributed by atoms with E-state index < -0.39 is 60.2 Å². The molecule has 0 saturated carbocycles. The molecule has 164 valence electrons.